The monoisotopic (exact) mass is 264 g/mol. The molecule has 4 heteroatoms. The third-order valence-electron chi connectivity index (χ3n) is 2.89. The number of urea groups is 1. The highest BCUT2D eigenvalue weighted by Gasteiger charge is 2.01. The molecule has 0 bridgehead atoms. The second kappa shape index (κ2) is 9.25. The van der Waals surface area contributed by atoms with E-state index in [0.29, 0.717) is 6.54 Å². The van der Waals surface area contributed by atoms with E-state index >= 15 is 0 Å². The van der Waals surface area contributed by atoms with Crippen LogP contribution in [0.4, 0.5) is 4.79 Å². The van der Waals surface area contributed by atoms with Gasteiger partial charge in [0.2, 0.25) is 0 Å². The van der Waals surface area contributed by atoms with Crippen molar-refractivity contribution in [1.82, 2.24) is 10.6 Å². The zero-order valence-corrected chi connectivity index (χ0v) is 11.9. The lowest BCUT2D eigenvalue weighted by atomic mass is 10.1. The third-order valence-corrected chi connectivity index (χ3v) is 2.89. The van der Waals surface area contributed by atoms with Crippen LogP contribution in [-0.4, -0.2) is 26.2 Å². The molecule has 0 saturated heterocycles. The van der Waals surface area contributed by atoms with Crippen molar-refractivity contribution in [3.05, 3.63) is 29.8 Å². The van der Waals surface area contributed by atoms with Gasteiger partial charge < -0.3 is 15.4 Å². The van der Waals surface area contributed by atoms with Crippen LogP contribution in [0.3, 0.4) is 0 Å². The van der Waals surface area contributed by atoms with Gasteiger partial charge >= 0.3 is 6.03 Å². The minimum absolute atomic E-state index is 0.0702. The number of ether oxygens (including phenoxy) is 1. The SMILES string of the molecule is CCCNC(=O)NCCCCc1ccccc1OC. The molecule has 0 aliphatic heterocycles. The molecule has 0 unspecified atom stereocenters. The maximum Gasteiger partial charge on any atom is 0.314 e. The summed E-state index contributed by atoms with van der Waals surface area (Å²) in [6.45, 7) is 3.48. The number of rotatable bonds is 8. The first-order valence-electron chi connectivity index (χ1n) is 6.91. The molecule has 2 N–H and O–H groups in total. The number of nitrogens with one attached hydrogen (secondary N) is 2. The van der Waals surface area contributed by atoms with Gasteiger partial charge in [-0.1, -0.05) is 25.1 Å². The largest absolute Gasteiger partial charge is 0.496 e. The molecule has 2 amide bonds. The fourth-order valence-corrected chi connectivity index (χ4v) is 1.85. The first-order valence-corrected chi connectivity index (χ1v) is 6.91. The van der Waals surface area contributed by atoms with Crippen molar-refractivity contribution in [2.75, 3.05) is 20.2 Å². The Morgan fingerprint density at radius 1 is 1.16 bits per heavy atom. The minimum Gasteiger partial charge on any atom is -0.496 e. The van der Waals surface area contributed by atoms with Crippen LogP contribution in [0.2, 0.25) is 0 Å². The van der Waals surface area contributed by atoms with E-state index in [1.165, 1.54) is 5.56 Å². The number of hydrogen-bond donors (Lipinski definition) is 2. The summed E-state index contributed by atoms with van der Waals surface area (Å²) < 4.78 is 5.31. The summed E-state index contributed by atoms with van der Waals surface area (Å²) in [7, 11) is 1.69. The van der Waals surface area contributed by atoms with Gasteiger partial charge in [-0.3, -0.25) is 0 Å². The van der Waals surface area contributed by atoms with Gasteiger partial charge in [-0.25, -0.2) is 4.79 Å². The number of carbonyl (C=O) groups is 1. The number of unbranched alkanes of at least 4 members (excludes halogenated alkanes) is 1. The Morgan fingerprint density at radius 3 is 2.63 bits per heavy atom. The van der Waals surface area contributed by atoms with Crippen molar-refractivity contribution in [2.24, 2.45) is 0 Å². The molecule has 0 fully saturated rings. The number of para-hydroxylation sites is 1. The van der Waals surface area contributed by atoms with Gasteiger partial charge in [-0.05, 0) is 37.3 Å². The number of carbonyl (C=O) groups excluding carboxylic acids is 1. The van der Waals surface area contributed by atoms with Gasteiger partial charge in [-0.2, -0.15) is 0 Å². The number of methoxy groups -OCH3 is 1. The first-order chi connectivity index (χ1) is 9.27. The fraction of sp³-hybridized carbons (Fsp3) is 0.533. The van der Waals surface area contributed by atoms with Crippen molar-refractivity contribution in [2.45, 2.75) is 32.6 Å². The molecule has 106 valence electrons. The zero-order valence-electron chi connectivity index (χ0n) is 11.9. The summed E-state index contributed by atoms with van der Waals surface area (Å²) in [5, 5.41) is 5.64. The molecule has 0 aromatic heterocycles. The predicted molar refractivity (Wildman–Crippen MR) is 77.6 cm³/mol. The summed E-state index contributed by atoms with van der Waals surface area (Å²) in [5.41, 5.74) is 1.22. The average Bonchev–Trinajstić information content (AvgIpc) is 2.45. The second-order valence-corrected chi connectivity index (χ2v) is 4.45. The van der Waals surface area contributed by atoms with E-state index in [4.69, 9.17) is 4.74 Å². The second-order valence-electron chi connectivity index (χ2n) is 4.45. The van der Waals surface area contributed by atoms with Crippen LogP contribution in [0.25, 0.3) is 0 Å². The van der Waals surface area contributed by atoms with Crippen LogP contribution in [0.5, 0.6) is 5.75 Å². The number of aryl methyl sites for hydroxylation is 1. The average molecular weight is 264 g/mol. The standard InChI is InChI=1S/C15H24N2O2/c1-3-11-16-15(18)17-12-7-6-9-13-8-4-5-10-14(13)19-2/h4-5,8,10H,3,6-7,9,11-12H2,1-2H3,(H2,16,17,18). The van der Waals surface area contributed by atoms with Gasteiger partial charge in [0, 0.05) is 13.1 Å². The molecule has 1 rings (SSSR count). The molecular weight excluding hydrogens is 240 g/mol. The lowest BCUT2D eigenvalue weighted by Crippen LogP contribution is -2.36. The Kier molecular flexibility index (Phi) is 7.47. The lowest BCUT2D eigenvalue weighted by molar-refractivity contribution is 0.240. The third kappa shape index (κ3) is 6.13. The summed E-state index contributed by atoms with van der Waals surface area (Å²) in [6, 6.07) is 7.99. The van der Waals surface area contributed by atoms with E-state index in [1.807, 2.05) is 25.1 Å². The van der Waals surface area contributed by atoms with Gasteiger partial charge in [0.25, 0.3) is 0 Å². The van der Waals surface area contributed by atoms with E-state index in [0.717, 1.165) is 38.0 Å². The van der Waals surface area contributed by atoms with Crippen molar-refractivity contribution >= 4 is 6.03 Å². The van der Waals surface area contributed by atoms with Crippen molar-refractivity contribution in [3.8, 4) is 5.75 Å². The van der Waals surface area contributed by atoms with Crippen molar-refractivity contribution < 1.29 is 9.53 Å². The topological polar surface area (TPSA) is 50.4 Å². The zero-order chi connectivity index (χ0) is 13.9. The summed E-state index contributed by atoms with van der Waals surface area (Å²) >= 11 is 0. The van der Waals surface area contributed by atoms with Gasteiger partial charge in [0.1, 0.15) is 5.75 Å². The number of hydrogen-bond acceptors (Lipinski definition) is 2. The van der Waals surface area contributed by atoms with Crippen molar-refractivity contribution in [3.63, 3.8) is 0 Å². The highest BCUT2D eigenvalue weighted by molar-refractivity contribution is 5.73. The van der Waals surface area contributed by atoms with E-state index in [-0.39, 0.29) is 6.03 Å². The Morgan fingerprint density at radius 2 is 1.89 bits per heavy atom. The molecule has 1 aromatic carbocycles. The minimum atomic E-state index is -0.0702. The Labute approximate surface area is 115 Å². The summed E-state index contributed by atoms with van der Waals surface area (Å²) in [4.78, 5) is 11.3. The molecule has 0 aliphatic carbocycles. The predicted octanol–water partition coefficient (Wildman–Crippen LogP) is 2.73. The molecule has 0 heterocycles. The smallest absolute Gasteiger partial charge is 0.314 e. The lowest BCUT2D eigenvalue weighted by Gasteiger charge is -2.09. The quantitative estimate of drug-likeness (QED) is 0.709. The first kappa shape index (κ1) is 15.3. The van der Waals surface area contributed by atoms with E-state index < -0.39 is 0 Å². The molecule has 0 atom stereocenters. The molecular formula is C15H24N2O2. The molecule has 4 nitrogen and oxygen atoms in total. The highest BCUT2D eigenvalue weighted by Crippen LogP contribution is 2.19. The summed E-state index contributed by atoms with van der Waals surface area (Å²) in [6.07, 6.45) is 3.94. The van der Waals surface area contributed by atoms with E-state index in [2.05, 4.69) is 16.7 Å². The van der Waals surface area contributed by atoms with Gasteiger partial charge in [0.05, 0.1) is 7.11 Å². The Balaban J connectivity index is 2.15. The van der Waals surface area contributed by atoms with E-state index in [9.17, 15) is 4.79 Å². The van der Waals surface area contributed by atoms with Crippen LogP contribution in [0.1, 0.15) is 31.7 Å². The van der Waals surface area contributed by atoms with Crippen LogP contribution in [0.15, 0.2) is 24.3 Å². The van der Waals surface area contributed by atoms with Gasteiger partial charge in [0.15, 0.2) is 0 Å². The van der Waals surface area contributed by atoms with Gasteiger partial charge in [-0.15, -0.1) is 0 Å². The molecule has 0 aliphatic rings. The molecule has 19 heavy (non-hydrogen) atoms. The number of benzene rings is 1. The molecule has 0 radical (unpaired) electrons. The van der Waals surface area contributed by atoms with Crippen LogP contribution in [0, 0.1) is 0 Å². The summed E-state index contributed by atoms with van der Waals surface area (Å²) in [5.74, 6) is 0.941. The maximum absolute atomic E-state index is 11.3. The normalized spacial score (nSPS) is 10.0. The van der Waals surface area contributed by atoms with E-state index in [1.54, 1.807) is 7.11 Å². The van der Waals surface area contributed by atoms with Crippen LogP contribution < -0.4 is 15.4 Å². The maximum atomic E-state index is 11.3. The molecule has 1 aromatic rings. The molecule has 0 saturated carbocycles. The Hall–Kier alpha value is -1.71. The Bertz CT molecular complexity index is 380. The fourth-order valence-electron chi connectivity index (χ4n) is 1.85. The number of amides is 2. The van der Waals surface area contributed by atoms with Crippen molar-refractivity contribution in [1.29, 1.82) is 0 Å². The molecule has 0 spiro atoms. The highest BCUT2D eigenvalue weighted by atomic mass is 16.5. The van der Waals surface area contributed by atoms with Crippen LogP contribution >= 0.6 is 0 Å². The van der Waals surface area contributed by atoms with Crippen LogP contribution in [-0.2, 0) is 6.42 Å².